The highest BCUT2D eigenvalue weighted by atomic mass is 31.1. The van der Waals surface area contributed by atoms with Crippen LogP contribution in [0.1, 0.15) is 12.8 Å². The smallest absolute Gasteiger partial charge is 0.0195 e. The minimum Gasteiger partial charge on any atom is -0.110 e. The van der Waals surface area contributed by atoms with Crippen LogP contribution in [-0.4, -0.2) is 31.3 Å². The quantitative estimate of drug-likeness (QED) is 0.181. The number of hydrogen-bond acceptors (Lipinski definition) is 0. The van der Waals surface area contributed by atoms with Gasteiger partial charge in [0.05, 0.1) is 0 Å². The Kier molecular flexibility index (Phi) is 10.3. The molecule has 0 nitrogen and oxygen atoms in total. The third-order valence-corrected chi connectivity index (χ3v) is 13.5. The Morgan fingerprint density at radius 1 is 0.382 bits per heavy atom. The van der Waals surface area contributed by atoms with Crippen LogP contribution in [0.15, 0.2) is 121 Å². The molecule has 0 unspecified atom stereocenters. The first kappa shape index (κ1) is 25.3. The summed E-state index contributed by atoms with van der Waals surface area (Å²) in [6.07, 6.45) is 8.06. The highest BCUT2D eigenvalue weighted by Gasteiger charge is 2.15. The van der Waals surface area contributed by atoms with Crippen LogP contribution in [0, 0.1) is 0 Å². The number of hydrogen-bond donors (Lipinski definition) is 0. The summed E-state index contributed by atoms with van der Waals surface area (Å²) in [5, 5.41) is 6.06. The zero-order valence-corrected chi connectivity index (χ0v) is 22.8. The van der Waals surface area contributed by atoms with Gasteiger partial charge in [0.25, 0.3) is 0 Å². The highest BCUT2D eigenvalue weighted by molar-refractivity contribution is 7.73. The minimum absolute atomic E-state index is 0.103. The summed E-state index contributed by atoms with van der Waals surface area (Å²) in [6.45, 7) is 2.52. The largest absolute Gasteiger partial charge is 0.110 e. The van der Waals surface area contributed by atoms with E-state index >= 15 is 0 Å². The van der Waals surface area contributed by atoms with Crippen LogP contribution in [0.2, 0.25) is 0 Å². The third-order valence-electron chi connectivity index (χ3n) is 6.11. The molecule has 0 aliphatic carbocycles. The van der Waals surface area contributed by atoms with Gasteiger partial charge in [0.1, 0.15) is 0 Å². The van der Waals surface area contributed by atoms with Gasteiger partial charge >= 0.3 is 0 Å². The molecule has 3 heteroatoms. The Morgan fingerprint density at radius 2 is 0.647 bits per heavy atom. The summed E-state index contributed by atoms with van der Waals surface area (Å²) in [7, 11) is -0.400. The normalized spacial score (nSPS) is 11.4. The molecule has 0 radical (unpaired) electrons. The molecule has 0 amide bonds. The molecule has 0 atom stereocenters. The van der Waals surface area contributed by atoms with Crippen LogP contribution in [0.5, 0.6) is 0 Å². The summed E-state index contributed by atoms with van der Waals surface area (Å²) in [6, 6.07) is 44.6. The van der Waals surface area contributed by atoms with Crippen molar-refractivity contribution in [1.29, 1.82) is 0 Å². The second kappa shape index (κ2) is 13.9. The SMILES string of the molecule is CP(CCCP(c1ccccc1)c1ccccc1)CCCP(c1ccccc1)c1ccccc1. The van der Waals surface area contributed by atoms with Gasteiger partial charge < -0.3 is 0 Å². The second-order valence-corrected chi connectivity index (χ2v) is 15.9. The molecule has 0 N–H and O–H groups in total. The fourth-order valence-corrected chi connectivity index (χ4v) is 11.2. The molecule has 0 saturated heterocycles. The summed E-state index contributed by atoms with van der Waals surface area (Å²) < 4.78 is 0. The topological polar surface area (TPSA) is 0 Å². The van der Waals surface area contributed by atoms with Crippen molar-refractivity contribution in [3.8, 4) is 0 Å². The number of rotatable bonds is 12. The van der Waals surface area contributed by atoms with E-state index in [1.54, 1.807) is 0 Å². The molecule has 4 aromatic rings. The van der Waals surface area contributed by atoms with Gasteiger partial charge in [-0.1, -0.05) is 121 Å². The van der Waals surface area contributed by atoms with Crippen molar-refractivity contribution in [3.05, 3.63) is 121 Å². The lowest BCUT2D eigenvalue weighted by Crippen LogP contribution is -2.15. The summed E-state index contributed by atoms with van der Waals surface area (Å²) in [5.41, 5.74) is 0. The minimum atomic E-state index is -0.252. The molecular formula is C31H35P3. The summed E-state index contributed by atoms with van der Waals surface area (Å²) >= 11 is 0. The van der Waals surface area contributed by atoms with Crippen LogP contribution >= 0.6 is 23.8 Å². The van der Waals surface area contributed by atoms with Crippen LogP contribution in [0.25, 0.3) is 0 Å². The van der Waals surface area contributed by atoms with E-state index in [0.29, 0.717) is 0 Å². The van der Waals surface area contributed by atoms with Gasteiger partial charge in [-0.15, -0.1) is 7.92 Å². The fraction of sp³-hybridized carbons (Fsp3) is 0.226. The first-order valence-corrected chi connectivity index (χ1v) is 17.5. The van der Waals surface area contributed by atoms with E-state index in [4.69, 9.17) is 0 Å². The van der Waals surface area contributed by atoms with Crippen molar-refractivity contribution in [3.63, 3.8) is 0 Å². The van der Waals surface area contributed by atoms with Gasteiger partial charge in [0, 0.05) is 0 Å². The Morgan fingerprint density at radius 3 is 0.912 bits per heavy atom. The van der Waals surface area contributed by atoms with Crippen molar-refractivity contribution in [1.82, 2.24) is 0 Å². The molecule has 174 valence electrons. The van der Waals surface area contributed by atoms with Crippen molar-refractivity contribution in [2.45, 2.75) is 12.8 Å². The van der Waals surface area contributed by atoms with Gasteiger partial charge in [-0.3, -0.25) is 0 Å². The standard InChI is InChI=1S/C31H35P3/c1-32(24-14-26-33(28-16-6-2-7-17-28)29-18-8-3-9-19-29)25-15-27-34(30-20-10-4-11-21-30)31-22-12-5-13-23-31/h2-13,16-23H,14-15,24-27H2,1H3. The maximum absolute atomic E-state index is 2.52. The van der Waals surface area contributed by atoms with Gasteiger partial charge in [-0.25, -0.2) is 0 Å². The molecule has 0 aliphatic heterocycles. The number of benzene rings is 4. The first-order chi connectivity index (χ1) is 16.8. The molecular weight excluding hydrogens is 465 g/mol. The van der Waals surface area contributed by atoms with Gasteiger partial charge in [0.15, 0.2) is 0 Å². The Hall–Kier alpha value is -1.83. The molecule has 0 heterocycles. The molecule has 4 aromatic carbocycles. The van der Waals surface area contributed by atoms with Crippen molar-refractivity contribution < 1.29 is 0 Å². The van der Waals surface area contributed by atoms with Crippen molar-refractivity contribution in [2.24, 2.45) is 0 Å². The first-order valence-electron chi connectivity index (χ1n) is 12.2. The summed E-state index contributed by atoms with van der Waals surface area (Å²) in [4.78, 5) is 0. The zero-order valence-electron chi connectivity index (χ0n) is 20.1. The maximum atomic E-state index is 2.52. The van der Waals surface area contributed by atoms with E-state index in [2.05, 4.69) is 128 Å². The van der Waals surface area contributed by atoms with Crippen LogP contribution in [0.4, 0.5) is 0 Å². The van der Waals surface area contributed by atoms with Gasteiger partial charge in [-0.2, -0.15) is 0 Å². The van der Waals surface area contributed by atoms with Crippen LogP contribution < -0.4 is 21.2 Å². The average Bonchev–Trinajstić information content (AvgIpc) is 2.91. The monoisotopic (exact) mass is 500 g/mol. The molecule has 0 aromatic heterocycles. The van der Waals surface area contributed by atoms with E-state index < -0.39 is 0 Å². The highest BCUT2D eigenvalue weighted by Crippen LogP contribution is 2.40. The maximum Gasteiger partial charge on any atom is -0.0195 e. The molecule has 34 heavy (non-hydrogen) atoms. The lowest BCUT2D eigenvalue weighted by Gasteiger charge is -2.21. The van der Waals surface area contributed by atoms with E-state index in [1.807, 2.05) is 0 Å². The van der Waals surface area contributed by atoms with Gasteiger partial charge in [-0.05, 0) is 81.2 Å². The third kappa shape index (κ3) is 7.59. The Balaban J connectivity index is 1.30. The molecule has 0 bridgehead atoms. The second-order valence-electron chi connectivity index (χ2n) is 8.66. The molecule has 0 aliphatic rings. The van der Waals surface area contributed by atoms with Crippen LogP contribution in [-0.2, 0) is 0 Å². The fourth-order valence-electron chi connectivity index (χ4n) is 4.36. The lowest BCUT2D eigenvalue weighted by molar-refractivity contribution is 1.07. The Labute approximate surface area is 210 Å². The van der Waals surface area contributed by atoms with Crippen LogP contribution in [0.3, 0.4) is 0 Å². The van der Waals surface area contributed by atoms with E-state index in [-0.39, 0.29) is 23.8 Å². The molecule has 0 saturated carbocycles. The predicted octanol–water partition coefficient (Wildman–Crippen LogP) is 7.14. The van der Waals surface area contributed by atoms with Crippen molar-refractivity contribution >= 4 is 45.0 Å². The average molecular weight is 501 g/mol. The predicted molar refractivity (Wildman–Crippen MR) is 160 cm³/mol. The van der Waals surface area contributed by atoms with Gasteiger partial charge in [0.2, 0.25) is 0 Å². The van der Waals surface area contributed by atoms with E-state index in [9.17, 15) is 0 Å². The molecule has 0 fully saturated rings. The van der Waals surface area contributed by atoms with Crippen molar-refractivity contribution in [2.75, 3.05) is 31.3 Å². The lowest BCUT2D eigenvalue weighted by atomic mass is 10.4. The summed E-state index contributed by atoms with van der Waals surface area (Å²) in [5.74, 6) is 0. The Bertz CT molecular complexity index is 901. The molecule has 4 rings (SSSR count). The zero-order chi connectivity index (χ0) is 23.4. The van der Waals surface area contributed by atoms with E-state index in [1.165, 1.54) is 58.7 Å². The van der Waals surface area contributed by atoms with E-state index in [0.717, 1.165) is 0 Å². The molecule has 0 spiro atoms.